The molecular formula is C22H44O4. The molecule has 0 heterocycles. The average Bonchev–Trinajstić information content (AvgIpc) is 2.66. The molecule has 0 spiro atoms. The second kappa shape index (κ2) is 20.4. The predicted molar refractivity (Wildman–Crippen MR) is 109 cm³/mol. The van der Waals surface area contributed by atoms with E-state index in [1.165, 1.54) is 51.4 Å². The maximum atomic E-state index is 6.05. The lowest BCUT2D eigenvalue weighted by Gasteiger charge is -2.17. The zero-order valence-electron chi connectivity index (χ0n) is 17.9. The van der Waals surface area contributed by atoms with Gasteiger partial charge in [0.2, 0.25) is 0 Å². The van der Waals surface area contributed by atoms with Crippen LogP contribution in [0.15, 0.2) is 11.7 Å². The highest BCUT2D eigenvalue weighted by Gasteiger charge is 2.12. The topological polar surface area (TPSA) is 36.9 Å². The molecule has 0 atom stereocenters. The Kier molecular flexibility index (Phi) is 19.7. The molecule has 0 aliphatic heterocycles. The summed E-state index contributed by atoms with van der Waals surface area (Å²) in [5.41, 5.74) is 0. The van der Waals surface area contributed by atoms with Crippen molar-refractivity contribution in [2.24, 2.45) is 0 Å². The molecule has 0 bridgehead atoms. The van der Waals surface area contributed by atoms with E-state index in [4.69, 9.17) is 18.9 Å². The van der Waals surface area contributed by atoms with E-state index in [-0.39, 0.29) is 6.79 Å². The van der Waals surface area contributed by atoms with Gasteiger partial charge in [-0.1, -0.05) is 78.6 Å². The Morgan fingerprint density at radius 2 is 1.12 bits per heavy atom. The molecule has 0 N–H and O–H groups in total. The minimum atomic E-state index is 0.195. The van der Waals surface area contributed by atoms with E-state index in [1.54, 1.807) is 7.11 Å². The molecule has 0 aliphatic carbocycles. The molecule has 0 unspecified atom stereocenters. The second-order valence-electron chi connectivity index (χ2n) is 6.89. The summed E-state index contributed by atoms with van der Waals surface area (Å²) in [6.07, 6.45) is 15.3. The molecular weight excluding hydrogens is 328 g/mol. The monoisotopic (exact) mass is 372 g/mol. The van der Waals surface area contributed by atoms with Gasteiger partial charge >= 0.3 is 5.95 Å². The number of methoxy groups -OCH3 is 1. The first-order chi connectivity index (χ1) is 12.8. The van der Waals surface area contributed by atoms with E-state index < -0.39 is 0 Å². The minimum Gasteiger partial charge on any atom is -0.491 e. The molecule has 0 fully saturated rings. The minimum absolute atomic E-state index is 0.195. The molecule has 4 nitrogen and oxygen atoms in total. The van der Waals surface area contributed by atoms with Crippen LogP contribution in [0.2, 0.25) is 0 Å². The fraction of sp³-hybridized carbons (Fsp3) is 0.909. The first kappa shape index (κ1) is 25.1. The summed E-state index contributed by atoms with van der Waals surface area (Å²) < 4.78 is 22.7. The van der Waals surface area contributed by atoms with E-state index in [1.807, 2.05) is 0 Å². The quantitative estimate of drug-likeness (QED) is 0.132. The molecule has 0 aliphatic rings. The second-order valence-corrected chi connectivity index (χ2v) is 6.89. The molecule has 4 heteroatoms. The molecule has 0 rings (SSSR count). The first-order valence-corrected chi connectivity index (χ1v) is 10.9. The molecule has 0 aromatic rings. The number of unbranched alkanes of at least 4 members (excludes halogenated alkanes) is 9. The maximum Gasteiger partial charge on any atom is 0.321 e. The van der Waals surface area contributed by atoms with Crippen molar-refractivity contribution < 1.29 is 18.9 Å². The standard InChI is InChI=1S/C22H44O4/c1-5-8-11-13-15-18-24-21(17-10-7-3)22(26-20-23-4)25-19-16-14-12-9-6-2/h5-20H2,1-4H3. The number of hydrogen-bond donors (Lipinski definition) is 0. The van der Waals surface area contributed by atoms with Crippen LogP contribution in [0.1, 0.15) is 104 Å². The van der Waals surface area contributed by atoms with E-state index in [0.717, 1.165) is 44.5 Å². The SMILES string of the molecule is CCCCCCCOC(CCCC)=C(OCCCCCCC)OCOC. The molecule has 0 amide bonds. The van der Waals surface area contributed by atoms with Gasteiger partial charge in [0, 0.05) is 13.5 Å². The van der Waals surface area contributed by atoms with Gasteiger partial charge in [0.15, 0.2) is 12.6 Å². The van der Waals surface area contributed by atoms with Crippen molar-refractivity contribution in [3.63, 3.8) is 0 Å². The first-order valence-electron chi connectivity index (χ1n) is 10.9. The molecule has 0 saturated carbocycles. The van der Waals surface area contributed by atoms with Crippen LogP contribution in [0.4, 0.5) is 0 Å². The van der Waals surface area contributed by atoms with Crippen LogP contribution in [0.5, 0.6) is 0 Å². The smallest absolute Gasteiger partial charge is 0.321 e. The van der Waals surface area contributed by atoms with Crippen molar-refractivity contribution in [3.8, 4) is 0 Å². The maximum absolute atomic E-state index is 6.05. The van der Waals surface area contributed by atoms with Gasteiger partial charge in [0.05, 0.1) is 13.2 Å². The third-order valence-corrected chi connectivity index (χ3v) is 4.30. The molecule has 0 radical (unpaired) electrons. The summed E-state index contributed by atoms with van der Waals surface area (Å²) in [7, 11) is 1.63. The van der Waals surface area contributed by atoms with E-state index in [2.05, 4.69) is 20.8 Å². The van der Waals surface area contributed by atoms with Crippen LogP contribution >= 0.6 is 0 Å². The molecule has 156 valence electrons. The van der Waals surface area contributed by atoms with Crippen LogP contribution in [0.25, 0.3) is 0 Å². The largest absolute Gasteiger partial charge is 0.491 e. The van der Waals surface area contributed by atoms with Crippen LogP contribution in [-0.4, -0.2) is 27.1 Å². The fourth-order valence-corrected chi connectivity index (χ4v) is 2.66. The van der Waals surface area contributed by atoms with E-state index in [9.17, 15) is 0 Å². The summed E-state index contributed by atoms with van der Waals surface area (Å²) in [5.74, 6) is 1.39. The molecule has 0 saturated heterocycles. The Hall–Kier alpha value is -0.900. The van der Waals surface area contributed by atoms with Gasteiger partial charge in [-0.15, -0.1) is 0 Å². The van der Waals surface area contributed by atoms with E-state index in [0.29, 0.717) is 12.6 Å². The summed E-state index contributed by atoms with van der Waals surface area (Å²) >= 11 is 0. The highest BCUT2D eigenvalue weighted by molar-refractivity contribution is 4.95. The van der Waals surface area contributed by atoms with Crippen molar-refractivity contribution in [1.29, 1.82) is 0 Å². The van der Waals surface area contributed by atoms with Crippen LogP contribution < -0.4 is 0 Å². The predicted octanol–water partition coefficient (Wildman–Crippen LogP) is 6.94. The highest BCUT2D eigenvalue weighted by Crippen LogP contribution is 2.19. The van der Waals surface area contributed by atoms with Gasteiger partial charge in [-0.25, -0.2) is 0 Å². The van der Waals surface area contributed by atoms with Crippen molar-refractivity contribution in [2.45, 2.75) is 104 Å². The third-order valence-electron chi connectivity index (χ3n) is 4.30. The molecule has 0 aromatic heterocycles. The van der Waals surface area contributed by atoms with Crippen LogP contribution in [-0.2, 0) is 18.9 Å². The summed E-state index contributed by atoms with van der Waals surface area (Å²) in [5, 5.41) is 0. The highest BCUT2D eigenvalue weighted by atomic mass is 16.7. The zero-order valence-corrected chi connectivity index (χ0v) is 17.9. The lowest BCUT2D eigenvalue weighted by atomic mass is 10.2. The Morgan fingerprint density at radius 3 is 1.65 bits per heavy atom. The van der Waals surface area contributed by atoms with Gasteiger partial charge in [0.1, 0.15) is 0 Å². The lowest BCUT2D eigenvalue weighted by Crippen LogP contribution is -2.09. The Morgan fingerprint density at radius 1 is 0.577 bits per heavy atom. The summed E-state index contributed by atoms with van der Waals surface area (Å²) in [6.45, 7) is 8.27. The Bertz CT molecular complexity index is 285. The lowest BCUT2D eigenvalue weighted by molar-refractivity contribution is -0.0692. The normalized spacial score (nSPS) is 12.0. The van der Waals surface area contributed by atoms with Gasteiger partial charge in [-0.05, 0) is 19.3 Å². The van der Waals surface area contributed by atoms with Gasteiger partial charge in [0.25, 0.3) is 0 Å². The summed E-state index contributed by atoms with van der Waals surface area (Å²) in [6, 6.07) is 0. The third kappa shape index (κ3) is 15.4. The van der Waals surface area contributed by atoms with Crippen molar-refractivity contribution in [3.05, 3.63) is 11.7 Å². The van der Waals surface area contributed by atoms with Gasteiger partial charge in [-0.3, -0.25) is 0 Å². The number of rotatable bonds is 20. The van der Waals surface area contributed by atoms with Crippen molar-refractivity contribution in [2.75, 3.05) is 27.1 Å². The Balaban J connectivity index is 4.49. The van der Waals surface area contributed by atoms with Crippen molar-refractivity contribution >= 4 is 0 Å². The number of ether oxygens (including phenoxy) is 4. The van der Waals surface area contributed by atoms with Crippen molar-refractivity contribution in [1.82, 2.24) is 0 Å². The van der Waals surface area contributed by atoms with Crippen LogP contribution in [0, 0.1) is 0 Å². The van der Waals surface area contributed by atoms with Gasteiger partial charge < -0.3 is 18.9 Å². The average molecular weight is 373 g/mol. The number of allylic oxidation sites excluding steroid dienone is 1. The molecule has 26 heavy (non-hydrogen) atoms. The fourth-order valence-electron chi connectivity index (χ4n) is 2.66. The summed E-state index contributed by atoms with van der Waals surface area (Å²) in [4.78, 5) is 0. The van der Waals surface area contributed by atoms with E-state index >= 15 is 0 Å². The zero-order chi connectivity index (χ0) is 19.3. The van der Waals surface area contributed by atoms with Gasteiger partial charge in [-0.2, -0.15) is 0 Å². The Labute approximate surface area is 162 Å². The van der Waals surface area contributed by atoms with Crippen LogP contribution in [0.3, 0.4) is 0 Å². The number of hydrogen-bond acceptors (Lipinski definition) is 4. The molecule has 0 aromatic carbocycles.